The summed E-state index contributed by atoms with van der Waals surface area (Å²) in [6.45, 7) is 4.51. The first-order valence-corrected chi connectivity index (χ1v) is 24.0. The van der Waals surface area contributed by atoms with Gasteiger partial charge in [0.1, 0.15) is 0 Å². The molecule has 0 aromatic rings. The van der Waals surface area contributed by atoms with Gasteiger partial charge in [-0.05, 0) is 12.8 Å². The van der Waals surface area contributed by atoms with E-state index in [0.717, 1.165) is 44.9 Å². The van der Waals surface area contributed by atoms with E-state index in [1.165, 1.54) is 167 Å². The summed E-state index contributed by atoms with van der Waals surface area (Å²) in [5.41, 5.74) is 0. The summed E-state index contributed by atoms with van der Waals surface area (Å²) in [5.74, 6) is -4.89. The Kier molecular flexibility index (Phi) is 39.4. The fourth-order valence-electron chi connectivity index (χ4n) is 7.94. The Bertz CT molecular complexity index is 929. The predicted molar refractivity (Wildman–Crippen MR) is 227 cm³/mol. The molecule has 2 unspecified atom stereocenters. The van der Waals surface area contributed by atoms with Gasteiger partial charge in [0, 0.05) is 0 Å². The predicted octanol–water partition coefficient (Wildman–Crippen LogP) is 13.6. The van der Waals surface area contributed by atoms with E-state index in [2.05, 4.69) is 13.8 Å². The molecule has 9 heteroatoms. The number of hydrogen-bond acceptors (Lipinski definition) is 4. The molecule has 0 bridgehead atoms. The number of aliphatic carboxylic acids is 2. The maximum atomic E-state index is 12.6. The summed E-state index contributed by atoms with van der Waals surface area (Å²) < 4.78 is 32.5. The minimum absolute atomic E-state index is 0. The zero-order chi connectivity index (χ0) is 38.6. The summed E-state index contributed by atoms with van der Waals surface area (Å²) in [6, 6.07) is 0. The number of carboxylic acid groups (broad SMARTS) is 2. The average molecular weight is 767 g/mol. The summed E-state index contributed by atoms with van der Waals surface area (Å²) in [5, 5.41) is 20.0. The van der Waals surface area contributed by atoms with Gasteiger partial charge < -0.3 is 10.2 Å². The van der Waals surface area contributed by atoms with Crippen LogP contribution < -0.4 is 0 Å². The van der Waals surface area contributed by atoms with Crippen molar-refractivity contribution in [1.29, 1.82) is 0 Å². The molecule has 0 aliphatic heterocycles. The fourth-order valence-corrected chi connectivity index (χ4v) is 9.15. The molecule has 53 heavy (non-hydrogen) atoms. The van der Waals surface area contributed by atoms with Crippen LogP contribution in [0.5, 0.6) is 0 Å². The molecule has 0 rings (SSSR count). The van der Waals surface area contributed by atoms with Crippen LogP contribution in [0.1, 0.15) is 258 Å². The first kappa shape index (κ1) is 54.5. The topological polar surface area (TPSA) is 129 Å². The molecule has 0 aromatic carbocycles. The van der Waals surface area contributed by atoms with Crippen LogP contribution in [0, 0.1) is 5.92 Å². The third kappa shape index (κ3) is 29.4. The molecule has 0 aliphatic carbocycles. The fraction of sp³-hybridized carbons (Fsp3) is 0.955. The second kappa shape index (κ2) is 38.3. The summed E-state index contributed by atoms with van der Waals surface area (Å²) >= 11 is 0. The molecular formula is C44H87LiO7S. The molecule has 0 radical (unpaired) electrons. The standard InChI is InChI=1S/C44H86O7S.Li.H/c1-3-5-7-9-11-13-15-17-19-21-23-25-27-29-31-33-35-37-39-41(42(45)46)44(43(47)48,52(49,50)51)40-38-36-34-32-30-28-26-24-22-20-18-16-14-12-10-8-6-4-2;;/h41H,3-40H2,1-2H3,(H,45,46)(H,47,48)(H,49,50,51);;. The van der Waals surface area contributed by atoms with Gasteiger partial charge in [-0.15, -0.1) is 0 Å². The van der Waals surface area contributed by atoms with Crippen molar-refractivity contribution >= 4 is 40.9 Å². The maximum absolute atomic E-state index is 12.6. The number of carbonyl (C=O) groups is 2. The van der Waals surface area contributed by atoms with E-state index in [1.807, 2.05) is 0 Å². The second-order valence-corrected chi connectivity index (χ2v) is 17.8. The van der Waals surface area contributed by atoms with Gasteiger partial charge in [-0.3, -0.25) is 14.1 Å². The van der Waals surface area contributed by atoms with Crippen LogP contribution in [0.4, 0.5) is 0 Å². The summed E-state index contributed by atoms with van der Waals surface area (Å²) in [7, 11) is -5.15. The normalized spacial score (nSPS) is 13.4. The molecule has 0 aliphatic rings. The summed E-state index contributed by atoms with van der Waals surface area (Å²) in [6.07, 6.45) is 42.1. The van der Waals surface area contributed by atoms with E-state index in [4.69, 9.17) is 0 Å². The van der Waals surface area contributed by atoms with Crippen molar-refractivity contribution in [2.75, 3.05) is 0 Å². The van der Waals surface area contributed by atoms with Crippen molar-refractivity contribution in [1.82, 2.24) is 0 Å². The van der Waals surface area contributed by atoms with E-state index in [-0.39, 0.29) is 38.1 Å². The molecule has 0 saturated heterocycles. The van der Waals surface area contributed by atoms with Gasteiger partial charge in [-0.2, -0.15) is 8.42 Å². The van der Waals surface area contributed by atoms with Crippen molar-refractivity contribution in [3.05, 3.63) is 0 Å². The Balaban J connectivity index is 0. The van der Waals surface area contributed by atoms with Crippen LogP contribution in [0.25, 0.3) is 0 Å². The third-order valence-corrected chi connectivity index (χ3v) is 13.0. The van der Waals surface area contributed by atoms with Crippen molar-refractivity contribution in [3.8, 4) is 0 Å². The van der Waals surface area contributed by atoms with Crippen LogP contribution in [0.3, 0.4) is 0 Å². The van der Waals surface area contributed by atoms with E-state index >= 15 is 0 Å². The Morgan fingerprint density at radius 1 is 0.434 bits per heavy atom. The molecule has 7 nitrogen and oxygen atoms in total. The third-order valence-electron chi connectivity index (χ3n) is 11.4. The molecule has 312 valence electrons. The van der Waals surface area contributed by atoms with Crippen LogP contribution in [0.15, 0.2) is 0 Å². The van der Waals surface area contributed by atoms with Crippen LogP contribution in [-0.2, 0) is 19.7 Å². The summed E-state index contributed by atoms with van der Waals surface area (Å²) in [4.78, 5) is 24.7. The van der Waals surface area contributed by atoms with E-state index < -0.39 is 32.7 Å². The van der Waals surface area contributed by atoms with Gasteiger partial charge >= 0.3 is 30.8 Å². The Hall–Kier alpha value is -0.553. The van der Waals surface area contributed by atoms with Crippen molar-refractivity contribution in [2.45, 2.75) is 263 Å². The minimum atomic E-state index is -5.15. The van der Waals surface area contributed by atoms with Crippen molar-refractivity contribution in [3.63, 3.8) is 0 Å². The average Bonchev–Trinajstić information content (AvgIpc) is 3.10. The Morgan fingerprint density at radius 3 is 0.868 bits per heavy atom. The molecule has 0 aromatic heterocycles. The molecule has 0 spiro atoms. The molecule has 0 heterocycles. The number of unbranched alkanes of at least 4 members (excludes halogenated alkanes) is 34. The van der Waals surface area contributed by atoms with Crippen LogP contribution >= 0.6 is 0 Å². The van der Waals surface area contributed by atoms with Gasteiger partial charge in [0.25, 0.3) is 10.1 Å². The Labute approximate surface area is 340 Å². The van der Waals surface area contributed by atoms with Crippen molar-refractivity contribution < 1.29 is 32.8 Å². The monoisotopic (exact) mass is 767 g/mol. The second-order valence-electron chi connectivity index (χ2n) is 16.1. The van der Waals surface area contributed by atoms with E-state index in [0.29, 0.717) is 12.8 Å². The first-order chi connectivity index (χ1) is 25.1. The number of carboxylic acids is 2. The zero-order valence-electron chi connectivity index (χ0n) is 34.3. The SMILES string of the molecule is CCCCCCCCCCCCCCCCCCCCC(C(=O)O)C(CCCCCCCCCCCCCCCCCCCC)(C(=O)O)S(=O)(=O)O.[LiH]. The number of hydrogen-bond donors (Lipinski definition) is 3. The molecule has 2 atom stereocenters. The van der Waals surface area contributed by atoms with Crippen LogP contribution in [0.2, 0.25) is 0 Å². The quantitative estimate of drug-likeness (QED) is 0.0320. The molecule has 0 saturated carbocycles. The molecular weight excluding hydrogens is 679 g/mol. The van der Waals surface area contributed by atoms with E-state index in [1.54, 1.807) is 0 Å². The van der Waals surface area contributed by atoms with Crippen molar-refractivity contribution in [2.24, 2.45) is 5.92 Å². The zero-order valence-corrected chi connectivity index (χ0v) is 35.1. The van der Waals surface area contributed by atoms with Gasteiger partial charge in [-0.25, -0.2) is 0 Å². The number of rotatable bonds is 42. The molecule has 0 amide bonds. The van der Waals surface area contributed by atoms with Crippen LogP contribution in [-0.4, -0.2) is 58.7 Å². The van der Waals surface area contributed by atoms with Gasteiger partial charge in [0.05, 0.1) is 5.92 Å². The first-order valence-electron chi connectivity index (χ1n) is 22.6. The van der Waals surface area contributed by atoms with Gasteiger partial charge in [-0.1, -0.05) is 245 Å². The van der Waals surface area contributed by atoms with Gasteiger partial charge in [0.15, 0.2) is 0 Å². The van der Waals surface area contributed by atoms with Gasteiger partial charge in [0.2, 0.25) is 4.75 Å². The van der Waals surface area contributed by atoms with E-state index in [9.17, 15) is 32.8 Å². The Morgan fingerprint density at radius 2 is 0.660 bits per heavy atom. The molecule has 0 fully saturated rings. The molecule has 3 N–H and O–H groups in total.